The highest BCUT2D eigenvalue weighted by molar-refractivity contribution is 5.99. The van der Waals surface area contributed by atoms with Crippen LogP contribution in [0.2, 0.25) is 0 Å². The van der Waals surface area contributed by atoms with Crippen molar-refractivity contribution in [1.29, 1.82) is 0 Å². The van der Waals surface area contributed by atoms with E-state index in [1.807, 2.05) is 47.2 Å². The van der Waals surface area contributed by atoms with E-state index in [0.717, 1.165) is 84.1 Å². The minimum atomic E-state index is -0.371. The zero-order chi connectivity index (χ0) is 28.2. The van der Waals surface area contributed by atoms with Crippen molar-refractivity contribution in [2.75, 3.05) is 51.8 Å². The van der Waals surface area contributed by atoms with Crippen LogP contribution in [0.25, 0.3) is 39.0 Å². The van der Waals surface area contributed by atoms with E-state index in [1.54, 1.807) is 25.6 Å². The highest BCUT2D eigenvalue weighted by atomic mass is 16.6. The van der Waals surface area contributed by atoms with Crippen molar-refractivity contribution in [3.05, 3.63) is 95.4 Å². The number of non-ortho nitro benzene ring substituents is 1. The zero-order valence-corrected chi connectivity index (χ0v) is 22.7. The summed E-state index contributed by atoms with van der Waals surface area (Å²) in [6, 6.07) is 22.8. The van der Waals surface area contributed by atoms with Crippen LogP contribution in [0.5, 0.6) is 5.75 Å². The van der Waals surface area contributed by atoms with Crippen LogP contribution in [-0.4, -0.2) is 70.9 Å². The molecule has 1 saturated heterocycles. The Labute approximate surface area is 237 Å². The first-order valence-corrected chi connectivity index (χ1v) is 13.5. The smallest absolute Gasteiger partial charge is 0.270 e. The minimum absolute atomic E-state index is 0.0482. The van der Waals surface area contributed by atoms with Gasteiger partial charge in [0.2, 0.25) is 0 Å². The molecule has 3 aromatic carbocycles. The number of anilines is 1. The number of ether oxygens (including phenoxy) is 2. The minimum Gasteiger partial charge on any atom is -0.497 e. The van der Waals surface area contributed by atoms with Gasteiger partial charge in [0, 0.05) is 61.5 Å². The molecule has 1 N–H and O–H groups in total. The van der Waals surface area contributed by atoms with Crippen LogP contribution >= 0.6 is 0 Å². The summed E-state index contributed by atoms with van der Waals surface area (Å²) in [7, 11) is 1.65. The molecule has 0 saturated carbocycles. The zero-order valence-electron chi connectivity index (χ0n) is 22.7. The molecule has 0 bridgehead atoms. The average molecular weight is 551 g/mol. The third-order valence-electron chi connectivity index (χ3n) is 7.33. The normalized spacial score (nSPS) is 13.8. The van der Waals surface area contributed by atoms with E-state index in [9.17, 15) is 10.1 Å². The summed E-state index contributed by atoms with van der Waals surface area (Å²) in [5.74, 6) is 2.22. The Balaban J connectivity index is 1.39. The van der Waals surface area contributed by atoms with Crippen molar-refractivity contribution >= 4 is 22.4 Å². The SMILES string of the molecule is COc1ccc(-c2ccc3c(-c4cccc([N+](=O)[O-])c4)cn(-c4cc(NCCN5CCOCC5)ncn4)c3c2)cc1. The lowest BCUT2D eigenvalue weighted by atomic mass is 10.0. The number of nitrogens with zero attached hydrogens (tertiary/aromatic N) is 5. The second kappa shape index (κ2) is 11.7. The number of aromatic nitrogens is 3. The maximum atomic E-state index is 11.5. The topological polar surface area (TPSA) is 108 Å². The van der Waals surface area contributed by atoms with Gasteiger partial charge in [0.25, 0.3) is 5.69 Å². The van der Waals surface area contributed by atoms with Gasteiger partial charge in [-0.05, 0) is 34.9 Å². The molecule has 6 rings (SSSR count). The van der Waals surface area contributed by atoms with Gasteiger partial charge in [-0.15, -0.1) is 0 Å². The van der Waals surface area contributed by atoms with Crippen LogP contribution in [0.1, 0.15) is 0 Å². The van der Waals surface area contributed by atoms with Crippen LogP contribution in [0.3, 0.4) is 0 Å². The van der Waals surface area contributed by atoms with E-state index in [1.165, 1.54) is 6.07 Å². The number of hydrogen-bond acceptors (Lipinski definition) is 8. The molecule has 0 amide bonds. The van der Waals surface area contributed by atoms with E-state index >= 15 is 0 Å². The van der Waals surface area contributed by atoms with Crippen LogP contribution in [0.4, 0.5) is 11.5 Å². The number of nitro groups is 1. The van der Waals surface area contributed by atoms with Gasteiger partial charge in [0.15, 0.2) is 0 Å². The third kappa shape index (κ3) is 5.74. The van der Waals surface area contributed by atoms with Crippen molar-refractivity contribution in [1.82, 2.24) is 19.4 Å². The van der Waals surface area contributed by atoms with E-state index in [0.29, 0.717) is 5.82 Å². The fourth-order valence-electron chi connectivity index (χ4n) is 5.14. The van der Waals surface area contributed by atoms with Crippen molar-refractivity contribution < 1.29 is 14.4 Å². The van der Waals surface area contributed by atoms with Gasteiger partial charge < -0.3 is 19.4 Å². The van der Waals surface area contributed by atoms with Crippen molar-refractivity contribution in [3.63, 3.8) is 0 Å². The van der Waals surface area contributed by atoms with Crippen LogP contribution in [0.15, 0.2) is 85.3 Å². The van der Waals surface area contributed by atoms with E-state index in [4.69, 9.17) is 9.47 Å². The number of morpholine rings is 1. The Bertz CT molecular complexity index is 1680. The first kappa shape index (κ1) is 26.4. The molecule has 10 nitrogen and oxygen atoms in total. The molecule has 0 radical (unpaired) electrons. The Morgan fingerprint density at radius 3 is 2.56 bits per heavy atom. The molecule has 0 atom stereocenters. The van der Waals surface area contributed by atoms with Gasteiger partial charge >= 0.3 is 0 Å². The molecule has 1 fully saturated rings. The predicted molar refractivity (Wildman–Crippen MR) is 159 cm³/mol. The molecule has 5 aromatic rings. The summed E-state index contributed by atoms with van der Waals surface area (Å²) in [6.45, 7) is 5.06. The third-order valence-corrected chi connectivity index (χ3v) is 7.33. The van der Waals surface area contributed by atoms with Gasteiger partial charge in [-0.2, -0.15) is 0 Å². The lowest BCUT2D eigenvalue weighted by molar-refractivity contribution is -0.384. The molecule has 3 heterocycles. The number of benzene rings is 3. The molecule has 1 aliphatic rings. The lowest BCUT2D eigenvalue weighted by Crippen LogP contribution is -2.39. The van der Waals surface area contributed by atoms with Gasteiger partial charge in [0.05, 0.1) is 30.8 Å². The van der Waals surface area contributed by atoms with E-state index in [2.05, 4.69) is 38.4 Å². The molecule has 0 unspecified atom stereocenters. The second-order valence-electron chi connectivity index (χ2n) is 9.82. The Kier molecular flexibility index (Phi) is 7.57. The summed E-state index contributed by atoms with van der Waals surface area (Å²) in [6.07, 6.45) is 3.54. The molecule has 208 valence electrons. The Morgan fingerprint density at radius 1 is 0.976 bits per heavy atom. The van der Waals surface area contributed by atoms with Crippen LogP contribution in [-0.2, 0) is 4.74 Å². The van der Waals surface area contributed by atoms with Crippen LogP contribution in [0, 0.1) is 10.1 Å². The average Bonchev–Trinajstić information content (AvgIpc) is 3.41. The summed E-state index contributed by atoms with van der Waals surface area (Å²) < 4.78 is 12.8. The first-order valence-electron chi connectivity index (χ1n) is 13.5. The first-order chi connectivity index (χ1) is 20.1. The number of methoxy groups -OCH3 is 1. The van der Waals surface area contributed by atoms with Gasteiger partial charge in [-0.25, -0.2) is 9.97 Å². The maximum Gasteiger partial charge on any atom is 0.270 e. The van der Waals surface area contributed by atoms with Gasteiger partial charge in [-0.3, -0.25) is 15.0 Å². The highest BCUT2D eigenvalue weighted by Gasteiger charge is 2.17. The van der Waals surface area contributed by atoms with Crippen LogP contribution < -0.4 is 10.1 Å². The maximum absolute atomic E-state index is 11.5. The predicted octanol–water partition coefficient (Wildman–Crippen LogP) is 5.42. The second-order valence-corrected chi connectivity index (χ2v) is 9.82. The monoisotopic (exact) mass is 550 g/mol. The summed E-state index contributed by atoms with van der Waals surface area (Å²) >= 11 is 0. The molecule has 0 aliphatic carbocycles. The summed E-state index contributed by atoms with van der Waals surface area (Å²) in [4.78, 5) is 22.5. The van der Waals surface area contributed by atoms with Gasteiger partial charge in [0.1, 0.15) is 23.7 Å². The molecule has 1 aliphatic heterocycles. The molecule has 2 aromatic heterocycles. The molecular weight excluding hydrogens is 520 g/mol. The van der Waals surface area contributed by atoms with E-state index < -0.39 is 0 Å². The molecular formula is C31H30N6O4. The van der Waals surface area contributed by atoms with E-state index in [-0.39, 0.29) is 10.6 Å². The number of nitro benzene ring substituents is 1. The number of nitrogens with one attached hydrogen (secondary N) is 1. The fraction of sp³-hybridized carbons (Fsp3) is 0.226. The standard InChI is InChI=1S/C31H30N6O4/c1-40-26-8-5-22(6-9-26)23-7-10-27-28(24-3-2-4-25(17-24)37(38)39)20-36(29(27)18-23)31-19-30(33-21-34-31)32-11-12-35-13-15-41-16-14-35/h2-10,17-21H,11-16H2,1H3,(H,32,33,34). The van der Waals surface area contributed by atoms with Crippen molar-refractivity contribution in [3.8, 4) is 33.8 Å². The molecule has 41 heavy (non-hydrogen) atoms. The summed E-state index contributed by atoms with van der Waals surface area (Å²) in [5, 5.41) is 15.9. The number of fused-ring (bicyclic) bond motifs is 1. The largest absolute Gasteiger partial charge is 0.497 e. The van der Waals surface area contributed by atoms with Crippen molar-refractivity contribution in [2.24, 2.45) is 0 Å². The Hall–Kier alpha value is -4.80. The summed E-state index contributed by atoms with van der Waals surface area (Å²) in [5.41, 5.74) is 4.70. The quantitative estimate of drug-likeness (QED) is 0.192. The number of hydrogen-bond donors (Lipinski definition) is 1. The highest BCUT2D eigenvalue weighted by Crippen LogP contribution is 2.36. The van der Waals surface area contributed by atoms with Crippen molar-refractivity contribution in [2.45, 2.75) is 0 Å². The fourth-order valence-corrected chi connectivity index (χ4v) is 5.14. The molecule has 10 heteroatoms. The van der Waals surface area contributed by atoms with Gasteiger partial charge in [-0.1, -0.05) is 36.4 Å². The lowest BCUT2D eigenvalue weighted by Gasteiger charge is -2.26. The Morgan fingerprint density at radius 2 is 1.78 bits per heavy atom. The number of rotatable bonds is 9. The molecule has 0 spiro atoms.